The van der Waals surface area contributed by atoms with Crippen molar-refractivity contribution >= 4 is 29.2 Å². The average molecular weight is 502 g/mol. The molecule has 0 aromatic heterocycles. The first-order valence-electron chi connectivity index (χ1n) is 12.3. The summed E-state index contributed by atoms with van der Waals surface area (Å²) in [5.74, 6) is 0.561. The van der Waals surface area contributed by atoms with Gasteiger partial charge in [-0.15, -0.1) is 0 Å². The number of amides is 4. The van der Waals surface area contributed by atoms with Gasteiger partial charge in [0.2, 0.25) is 5.91 Å². The molecule has 1 atom stereocenters. The van der Waals surface area contributed by atoms with Crippen molar-refractivity contribution in [2.75, 3.05) is 23.9 Å². The molecule has 1 fully saturated rings. The van der Waals surface area contributed by atoms with Crippen molar-refractivity contribution in [3.63, 3.8) is 0 Å². The van der Waals surface area contributed by atoms with E-state index in [1.165, 1.54) is 4.90 Å². The fourth-order valence-electron chi connectivity index (χ4n) is 4.15. The van der Waals surface area contributed by atoms with Crippen molar-refractivity contribution in [3.8, 4) is 11.5 Å². The summed E-state index contributed by atoms with van der Waals surface area (Å²) in [6.45, 7) is 4.74. The zero-order valence-corrected chi connectivity index (χ0v) is 21.3. The summed E-state index contributed by atoms with van der Waals surface area (Å²) in [6, 6.07) is 20.1. The van der Waals surface area contributed by atoms with Crippen molar-refractivity contribution in [1.82, 2.24) is 4.90 Å². The molecule has 0 aliphatic carbocycles. The third kappa shape index (κ3) is 6.09. The maximum atomic E-state index is 13.5. The van der Waals surface area contributed by atoms with Gasteiger partial charge in [-0.1, -0.05) is 36.8 Å². The Bertz CT molecular complexity index is 1260. The average Bonchev–Trinajstić information content (AvgIpc) is 3.12. The standard InChI is InChI=1S/C29H31N3O5/c1-4-16-37-24-14-10-22(11-15-24)30-27(33)18-26-28(34)32(23-12-8-20(2)9-13-23)29(35)31(26)19-21-6-5-7-25(17-21)36-3/h5-15,17,26H,4,16,18-19H2,1-3H3,(H,30,33)/t26-/m1/s1. The van der Waals surface area contributed by atoms with E-state index < -0.39 is 18.0 Å². The van der Waals surface area contributed by atoms with Crippen LogP contribution >= 0.6 is 0 Å². The second-order valence-electron chi connectivity index (χ2n) is 8.91. The number of nitrogens with zero attached hydrogens (tertiary/aromatic N) is 2. The van der Waals surface area contributed by atoms with Crippen LogP contribution in [0.3, 0.4) is 0 Å². The van der Waals surface area contributed by atoms with E-state index in [4.69, 9.17) is 9.47 Å². The number of imide groups is 1. The number of aryl methyl sites for hydroxylation is 1. The van der Waals surface area contributed by atoms with Gasteiger partial charge in [0.05, 0.1) is 25.8 Å². The Labute approximate surface area is 216 Å². The number of urea groups is 1. The lowest BCUT2D eigenvalue weighted by Crippen LogP contribution is -2.37. The number of nitrogens with one attached hydrogen (secondary N) is 1. The number of anilines is 2. The number of hydrogen-bond acceptors (Lipinski definition) is 5. The molecule has 4 rings (SSSR count). The maximum absolute atomic E-state index is 13.5. The fraction of sp³-hybridized carbons (Fsp3) is 0.276. The van der Waals surface area contributed by atoms with Crippen LogP contribution in [0.25, 0.3) is 0 Å². The summed E-state index contributed by atoms with van der Waals surface area (Å²) in [5, 5.41) is 2.83. The van der Waals surface area contributed by atoms with Crippen LogP contribution in [0, 0.1) is 6.92 Å². The number of methoxy groups -OCH3 is 1. The maximum Gasteiger partial charge on any atom is 0.332 e. The van der Waals surface area contributed by atoms with Crippen LogP contribution in [0.5, 0.6) is 11.5 Å². The zero-order chi connectivity index (χ0) is 26.4. The number of carbonyl (C=O) groups excluding carboxylic acids is 3. The lowest BCUT2D eigenvalue weighted by atomic mass is 10.1. The molecule has 0 spiro atoms. The van der Waals surface area contributed by atoms with Crippen LogP contribution in [0.2, 0.25) is 0 Å². The highest BCUT2D eigenvalue weighted by molar-refractivity contribution is 6.22. The Balaban J connectivity index is 1.55. The Morgan fingerprint density at radius 3 is 2.38 bits per heavy atom. The largest absolute Gasteiger partial charge is 0.497 e. The van der Waals surface area contributed by atoms with Gasteiger partial charge in [-0.05, 0) is 67.4 Å². The minimum Gasteiger partial charge on any atom is -0.497 e. The van der Waals surface area contributed by atoms with Crippen molar-refractivity contribution < 1.29 is 23.9 Å². The SMILES string of the molecule is CCCOc1ccc(NC(=O)C[C@@H]2C(=O)N(c3ccc(C)cc3)C(=O)N2Cc2cccc(OC)c2)cc1. The molecule has 0 saturated carbocycles. The number of benzene rings is 3. The van der Waals surface area contributed by atoms with E-state index in [0.29, 0.717) is 23.7 Å². The normalized spacial score (nSPS) is 15.2. The van der Waals surface area contributed by atoms with E-state index in [1.54, 1.807) is 43.5 Å². The lowest BCUT2D eigenvalue weighted by molar-refractivity contribution is -0.124. The van der Waals surface area contributed by atoms with Crippen LogP contribution in [-0.4, -0.2) is 42.5 Å². The smallest absolute Gasteiger partial charge is 0.332 e. The molecule has 4 amide bonds. The molecule has 37 heavy (non-hydrogen) atoms. The Kier molecular flexibility index (Phi) is 8.08. The molecule has 1 aliphatic rings. The molecule has 8 heteroatoms. The van der Waals surface area contributed by atoms with Crippen molar-refractivity contribution in [2.45, 2.75) is 39.3 Å². The highest BCUT2D eigenvalue weighted by Gasteiger charge is 2.46. The first kappa shape index (κ1) is 25.8. The minimum atomic E-state index is -0.952. The molecule has 8 nitrogen and oxygen atoms in total. The highest BCUT2D eigenvalue weighted by atomic mass is 16.5. The van der Waals surface area contributed by atoms with Crippen LogP contribution < -0.4 is 19.7 Å². The highest BCUT2D eigenvalue weighted by Crippen LogP contribution is 2.29. The minimum absolute atomic E-state index is 0.158. The van der Waals surface area contributed by atoms with Gasteiger partial charge in [0.1, 0.15) is 17.5 Å². The second-order valence-corrected chi connectivity index (χ2v) is 8.91. The first-order chi connectivity index (χ1) is 17.9. The number of hydrogen-bond donors (Lipinski definition) is 1. The van der Waals surface area contributed by atoms with E-state index in [2.05, 4.69) is 5.32 Å². The van der Waals surface area contributed by atoms with Crippen LogP contribution in [0.4, 0.5) is 16.2 Å². The zero-order valence-electron chi connectivity index (χ0n) is 21.3. The van der Waals surface area contributed by atoms with E-state index in [9.17, 15) is 14.4 Å². The molecule has 0 radical (unpaired) electrons. The van der Waals surface area contributed by atoms with Gasteiger partial charge in [0.15, 0.2) is 0 Å². The number of carbonyl (C=O) groups is 3. The number of ether oxygens (including phenoxy) is 2. The second kappa shape index (κ2) is 11.6. The molecule has 1 saturated heterocycles. The lowest BCUT2D eigenvalue weighted by Gasteiger charge is -2.22. The van der Waals surface area contributed by atoms with E-state index in [1.807, 2.05) is 50.2 Å². The van der Waals surface area contributed by atoms with Crippen molar-refractivity contribution in [1.29, 1.82) is 0 Å². The van der Waals surface area contributed by atoms with Gasteiger partial charge in [0.25, 0.3) is 5.91 Å². The molecular formula is C29H31N3O5. The summed E-state index contributed by atoms with van der Waals surface area (Å²) in [7, 11) is 1.57. The Hall–Kier alpha value is -4.33. The molecule has 3 aromatic rings. The molecule has 1 aliphatic heterocycles. The quantitative estimate of drug-likeness (QED) is 0.388. The van der Waals surface area contributed by atoms with Gasteiger partial charge in [-0.25, -0.2) is 9.69 Å². The van der Waals surface area contributed by atoms with E-state index in [0.717, 1.165) is 28.2 Å². The topological polar surface area (TPSA) is 88.2 Å². The molecule has 0 bridgehead atoms. The number of rotatable bonds is 10. The first-order valence-corrected chi connectivity index (χ1v) is 12.3. The van der Waals surface area contributed by atoms with Crippen LogP contribution in [-0.2, 0) is 16.1 Å². The van der Waals surface area contributed by atoms with Crippen molar-refractivity contribution in [2.24, 2.45) is 0 Å². The predicted octanol–water partition coefficient (Wildman–Crippen LogP) is 5.16. The summed E-state index contributed by atoms with van der Waals surface area (Å²) in [5.41, 5.74) is 2.86. The summed E-state index contributed by atoms with van der Waals surface area (Å²) < 4.78 is 10.9. The van der Waals surface area contributed by atoms with Gasteiger partial charge in [-0.3, -0.25) is 9.59 Å². The van der Waals surface area contributed by atoms with E-state index >= 15 is 0 Å². The van der Waals surface area contributed by atoms with Crippen LogP contribution in [0.15, 0.2) is 72.8 Å². The molecule has 0 unspecified atom stereocenters. The van der Waals surface area contributed by atoms with Crippen LogP contribution in [0.1, 0.15) is 30.9 Å². The van der Waals surface area contributed by atoms with E-state index in [-0.39, 0.29) is 18.9 Å². The molecular weight excluding hydrogens is 470 g/mol. The Morgan fingerprint density at radius 2 is 1.70 bits per heavy atom. The van der Waals surface area contributed by atoms with Gasteiger partial charge in [-0.2, -0.15) is 0 Å². The van der Waals surface area contributed by atoms with Gasteiger partial charge < -0.3 is 19.7 Å². The molecule has 192 valence electrons. The monoisotopic (exact) mass is 501 g/mol. The van der Waals surface area contributed by atoms with Gasteiger partial charge in [0, 0.05) is 12.2 Å². The Morgan fingerprint density at radius 1 is 0.973 bits per heavy atom. The summed E-state index contributed by atoms with van der Waals surface area (Å²) in [6.07, 6.45) is 0.726. The predicted molar refractivity (Wildman–Crippen MR) is 142 cm³/mol. The fourth-order valence-corrected chi connectivity index (χ4v) is 4.15. The summed E-state index contributed by atoms with van der Waals surface area (Å²) >= 11 is 0. The molecule has 1 heterocycles. The molecule has 3 aromatic carbocycles. The third-order valence-corrected chi connectivity index (χ3v) is 6.09. The third-order valence-electron chi connectivity index (χ3n) is 6.09. The summed E-state index contributed by atoms with van der Waals surface area (Å²) in [4.78, 5) is 42.6. The van der Waals surface area contributed by atoms with Crippen molar-refractivity contribution in [3.05, 3.63) is 83.9 Å². The molecule has 1 N–H and O–H groups in total. The van der Waals surface area contributed by atoms with Gasteiger partial charge >= 0.3 is 6.03 Å².